The smallest absolute Gasteiger partial charge is 0.172 e. The minimum absolute atomic E-state index is 0.196. The lowest BCUT2D eigenvalue weighted by Crippen LogP contribution is -2.36. The van der Waals surface area contributed by atoms with Gasteiger partial charge >= 0.3 is 0 Å². The van der Waals surface area contributed by atoms with E-state index in [0.717, 1.165) is 37.0 Å². The number of nitrogens with one attached hydrogen (secondary N) is 2. The van der Waals surface area contributed by atoms with Gasteiger partial charge in [-0.25, -0.2) is 4.98 Å². The predicted octanol–water partition coefficient (Wildman–Crippen LogP) is 2.97. The molecule has 0 amide bonds. The van der Waals surface area contributed by atoms with Crippen molar-refractivity contribution in [2.75, 3.05) is 13.1 Å². The maximum absolute atomic E-state index is 13.2. The van der Waals surface area contributed by atoms with Crippen molar-refractivity contribution in [1.29, 1.82) is 0 Å². The third kappa shape index (κ3) is 2.55. The molecule has 3 aromatic rings. The molecule has 1 aromatic carbocycles. The number of nitrogens with zero attached hydrogens (tertiary/aromatic N) is 1. The van der Waals surface area contributed by atoms with Gasteiger partial charge in [0.1, 0.15) is 5.65 Å². The van der Waals surface area contributed by atoms with Gasteiger partial charge in [-0.2, -0.15) is 0 Å². The van der Waals surface area contributed by atoms with E-state index in [1.165, 1.54) is 5.56 Å². The summed E-state index contributed by atoms with van der Waals surface area (Å²) in [6.07, 6.45) is 5.19. The Bertz CT molecular complexity index is 832. The average Bonchev–Trinajstić information content (AvgIpc) is 3.24. The van der Waals surface area contributed by atoms with E-state index in [1.807, 2.05) is 36.5 Å². The van der Waals surface area contributed by atoms with E-state index in [9.17, 15) is 4.79 Å². The lowest BCUT2D eigenvalue weighted by molar-refractivity contribution is 0.0815. The Kier molecular flexibility index (Phi) is 3.46. The number of ketones is 1. The first-order valence-corrected chi connectivity index (χ1v) is 7.99. The summed E-state index contributed by atoms with van der Waals surface area (Å²) in [6.45, 7) is 1.62. The van der Waals surface area contributed by atoms with Crippen molar-refractivity contribution in [1.82, 2.24) is 15.3 Å². The Morgan fingerprint density at radius 1 is 1.22 bits per heavy atom. The number of Topliss-reactive ketones (excluding diaryl/α,β-unsaturated/α-hetero) is 1. The lowest BCUT2D eigenvalue weighted by Gasteiger charge is -2.27. The summed E-state index contributed by atoms with van der Waals surface area (Å²) >= 11 is 0. The van der Waals surface area contributed by atoms with Crippen LogP contribution in [0, 0.1) is 5.41 Å². The van der Waals surface area contributed by atoms with Crippen LogP contribution in [0.4, 0.5) is 0 Å². The Hall–Kier alpha value is -2.46. The molecule has 4 heteroatoms. The van der Waals surface area contributed by atoms with Crippen molar-refractivity contribution in [3.8, 4) is 0 Å². The second-order valence-corrected chi connectivity index (χ2v) is 6.34. The lowest BCUT2D eigenvalue weighted by atomic mass is 9.75. The van der Waals surface area contributed by atoms with Gasteiger partial charge in [0.15, 0.2) is 5.78 Å². The third-order valence-electron chi connectivity index (χ3n) is 4.77. The van der Waals surface area contributed by atoms with Crippen LogP contribution >= 0.6 is 0 Å². The van der Waals surface area contributed by atoms with Gasteiger partial charge in [-0.3, -0.25) is 4.79 Å². The zero-order valence-electron chi connectivity index (χ0n) is 12.9. The zero-order chi connectivity index (χ0) is 15.7. The number of carbonyl (C=O) groups excluding carboxylic acids is 1. The van der Waals surface area contributed by atoms with Crippen LogP contribution in [-0.2, 0) is 6.42 Å². The molecule has 0 aliphatic carbocycles. The summed E-state index contributed by atoms with van der Waals surface area (Å²) in [6, 6.07) is 14.2. The van der Waals surface area contributed by atoms with Gasteiger partial charge in [0.2, 0.25) is 0 Å². The van der Waals surface area contributed by atoms with Crippen LogP contribution in [-0.4, -0.2) is 28.8 Å². The largest absolute Gasteiger partial charge is 0.346 e. The van der Waals surface area contributed by atoms with Gasteiger partial charge in [0, 0.05) is 29.9 Å². The molecule has 2 N–H and O–H groups in total. The van der Waals surface area contributed by atoms with Crippen molar-refractivity contribution in [3.63, 3.8) is 0 Å². The second-order valence-electron chi connectivity index (χ2n) is 6.34. The highest BCUT2D eigenvalue weighted by atomic mass is 16.1. The first-order chi connectivity index (χ1) is 11.3. The fraction of sp³-hybridized carbons (Fsp3) is 0.263. The van der Waals surface area contributed by atoms with Crippen LogP contribution in [0.15, 0.2) is 54.9 Å². The topological polar surface area (TPSA) is 57.8 Å². The summed E-state index contributed by atoms with van der Waals surface area (Å²) < 4.78 is 0. The van der Waals surface area contributed by atoms with E-state index in [2.05, 4.69) is 27.4 Å². The molecule has 0 bridgehead atoms. The number of hydrogen-bond donors (Lipinski definition) is 2. The van der Waals surface area contributed by atoms with Crippen LogP contribution < -0.4 is 5.32 Å². The van der Waals surface area contributed by atoms with Gasteiger partial charge in [-0.15, -0.1) is 0 Å². The molecule has 0 spiro atoms. The number of aromatic nitrogens is 2. The predicted molar refractivity (Wildman–Crippen MR) is 90.5 cm³/mol. The van der Waals surface area contributed by atoms with Gasteiger partial charge in [-0.05, 0) is 37.1 Å². The molecule has 1 saturated heterocycles. The van der Waals surface area contributed by atoms with Crippen LogP contribution in [0.25, 0.3) is 11.0 Å². The summed E-state index contributed by atoms with van der Waals surface area (Å²) in [5, 5.41) is 4.35. The van der Waals surface area contributed by atoms with Crippen molar-refractivity contribution >= 4 is 16.8 Å². The summed E-state index contributed by atoms with van der Waals surface area (Å²) in [7, 11) is 0. The molecule has 1 unspecified atom stereocenters. The highest BCUT2D eigenvalue weighted by molar-refractivity contribution is 6.02. The van der Waals surface area contributed by atoms with Crippen molar-refractivity contribution in [3.05, 3.63) is 66.0 Å². The highest BCUT2D eigenvalue weighted by Gasteiger charge is 2.41. The van der Waals surface area contributed by atoms with Crippen LogP contribution in [0.2, 0.25) is 0 Å². The van der Waals surface area contributed by atoms with Crippen molar-refractivity contribution in [2.24, 2.45) is 5.41 Å². The first-order valence-electron chi connectivity index (χ1n) is 7.99. The Morgan fingerprint density at radius 3 is 2.87 bits per heavy atom. The molecule has 1 atom stereocenters. The minimum Gasteiger partial charge on any atom is -0.346 e. The third-order valence-corrected chi connectivity index (χ3v) is 4.77. The van der Waals surface area contributed by atoms with E-state index in [0.29, 0.717) is 5.56 Å². The Balaban J connectivity index is 1.70. The summed E-state index contributed by atoms with van der Waals surface area (Å²) in [5.74, 6) is 0.196. The maximum atomic E-state index is 13.2. The van der Waals surface area contributed by atoms with E-state index < -0.39 is 0 Å². The van der Waals surface area contributed by atoms with E-state index in [4.69, 9.17) is 0 Å². The second kappa shape index (κ2) is 5.63. The fourth-order valence-electron chi connectivity index (χ4n) is 3.53. The molecule has 3 heterocycles. The number of carbonyl (C=O) groups is 1. The normalized spacial score (nSPS) is 20.9. The molecule has 0 saturated carbocycles. The van der Waals surface area contributed by atoms with E-state index >= 15 is 0 Å². The number of benzene rings is 1. The Labute approximate surface area is 134 Å². The van der Waals surface area contributed by atoms with Crippen LogP contribution in [0.3, 0.4) is 0 Å². The molecule has 1 aliphatic rings. The van der Waals surface area contributed by atoms with Crippen LogP contribution in [0.5, 0.6) is 0 Å². The SMILES string of the molecule is O=C(c1cnc2[nH]ccc2c1)C1(Cc2ccccc2)CCNC1. The standard InChI is InChI=1S/C19H19N3O/c23-17(16-10-15-6-8-21-18(15)22-12-16)19(7-9-20-13-19)11-14-4-2-1-3-5-14/h1-6,8,10,12,20H,7,9,11,13H2,(H,21,22). The molecule has 2 aromatic heterocycles. The van der Waals surface area contributed by atoms with Gasteiger partial charge in [-0.1, -0.05) is 30.3 Å². The van der Waals surface area contributed by atoms with Crippen LogP contribution in [0.1, 0.15) is 22.3 Å². The van der Waals surface area contributed by atoms with E-state index in [1.54, 1.807) is 6.20 Å². The number of aromatic amines is 1. The molecule has 116 valence electrons. The van der Waals surface area contributed by atoms with Crippen molar-refractivity contribution < 1.29 is 4.79 Å². The molecular formula is C19H19N3O. The molecule has 23 heavy (non-hydrogen) atoms. The molecule has 0 radical (unpaired) electrons. The molecule has 1 aliphatic heterocycles. The zero-order valence-corrected chi connectivity index (χ0v) is 12.9. The molecule has 4 nitrogen and oxygen atoms in total. The average molecular weight is 305 g/mol. The summed E-state index contributed by atoms with van der Waals surface area (Å²) in [4.78, 5) is 20.7. The number of pyridine rings is 1. The van der Waals surface area contributed by atoms with Gasteiger partial charge in [0.05, 0.1) is 5.41 Å². The minimum atomic E-state index is -0.368. The number of hydrogen-bond acceptors (Lipinski definition) is 3. The molecular weight excluding hydrogens is 286 g/mol. The maximum Gasteiger partial charge on any atom is 0.172 e. The quantitative estimate of drug-likeness (QED) is 0.729. The van der Waals surface area contributed by atoms with Gasteiger partial charge in [0.25, 0.3) is 0 Å². The number of H-pyrrole nitrogens is 1. The monoisotopic (exact) mass is 305 g/mol. The Morgan fingerprint density at radius 2 is 2.09 bits per heavy atom. The summed E-state index contributed by atoms with van der Waals surface area (Å²) in [5.41, 5.74) is 2.37. The van der Waals surface area contributed by atoms with Crippen molar-refractivity contribution in [2.45, 2.75) is 12.8 Å². The highest BCUT2D eigenvalue weighted by Crippen LogP contribution is 2.34. The first kappa shape index (κ1) is 14.2. The van der Waals surface area contributed by atoms with E-state index in [-0.39, 0.29) is 11.2 Å². The van der Waals surface area contributed by atoms with Gasteiger partial charge < -0.3 is 10.3 Å². The number of rotatable bonds is 4. The number of fused-ring (bicyclic) bond motifs is 1. The molecule has 4 rings (SSSR count). The molecule has 1 fully saturated rings. The fourth-order valence-corrected chi connectivity index (χ4v) is 3.53.